The average Bonchev–Trinajstić information content (AvgIpc) is 3.60. The maximum Gasteiger partial charge on any atom is 0.267 e. The lowest BCUT2D eigenvalue weighted by atomic mass is 10.1. The number of halogens is 2. The van der Waals surface area contributed by atoms with Gasteiger partial charge in [0.05, 0.1) is 37.2 Å². The minimum Gasteiger partial charge on any atom is -0.496 e. The molecule has 0 radical (unpaired) electrons. The lowest BCUT2D eigenvalue weighted by molar-refractivity contribution is -0.132. The van der Waals surface area contributed by atoms with Gasteiger partial charge in [-0.1, -0.05) is 0 Å². The van der Waals surface area contributed by atoms with Crippen molar-refractivity contribution < 1.29 is 23.1 Å². The number of amides is 2. The molecule has 0 bridgehead atoms. The van der Waals surface area contributed by atoms with E-state index in [4.69, 9.17) is 4.74 Å². The first-order chi connectivity index (χ1) is 17.8. The van der Waals surface area contributed by atoms with Crippen LogP contribution >= 0.6 is 0 Å². The van der Waals surface area contributed by atoms with Crippen molar-refractivity contribution in [2.45, 2.75) is 18.9 Å². The third-order valence-electron chi connectivity index (χ3n) is 5.94. The van der Waals surface area contributed by atoms with Crippen LogP contribution in [0.15, 0.2) is 49.1 Å². The molecule has 37 heavy (non-hydrogen) atoms. The predicted octanol–water partition coefficient (Wildman–Crippen LogP) is 2.59. The van der Waals surface area contributed by atoms with Crippen LogP contribution in [-0.2, 0) is 11.3 Å². The van der Waals surface area contributed by atoms with Crippen molar-refractivity contribution in [2.75, 3.05) is 25.5 Å². The molecule has 4 aromatic rings. The summed E-state index contributed by atoms with van der Waals surface area (Å²) in [7, 11) is 1.45. The van der Waals surface area contributed by atoms with E-state index in [9.17, 15) is 23.6 Å². The van der Waals surface area contributed by atoms with Gasteiger partial charge < -0.3 is 15.0 Å². The van der Waals surface area contributed by atoms with Crippen LogP contribution in [0.5, 0.6) is 5.75 Å². The van der Waals surface area contributed by atoms with E-state index in [2.05, 4.69) is 20.5 Å². The number of carbonyl (C=O) groups is 2. The summed E-state index contributed by atoms with van der Waals surface area (Å²) in [5.41, 5.74) is 1.70. The summed E-state index contributed by atoms with van der Waals surface area (Å²) in [6.45, 7) is -1.02. The molecule has 0 unspecified atom stereocenters. The van der Waals surface area contributed by atoms with Gasteiger partial charge in [0.2, 0.25) is 5.91 Å². The Bertz CT molecular complexity index is 1560. The minimum absolute atomic E-state index is 0.0523. The number of ether oxygens (including phenoxy) is 1. The van der Waals surface area contributed by atoms with Gasteiger partial charge in [0.1, 0.15) is 23.6 Å². The quantitative estimate of drug-likeness (QED) is 0.425. The van der Waals surface area contributed by atoms with Gasteiger partial charge in [-0.2, -0.15) is 15.5 Å². The smallest absolute Gasteiger partial charge is 0.267 e. The van der Waals surface area contributed by atoms with E-state index in [0.29, 0.717) is 22.5 Å². The number of methoxy groups -OCH3 is 1. The van der Waals surface area contributed by atoms with Crippen molar-refractivity contribution in [1.29, 1.82) is 5.26 Å². The number of anilines is 1. The van der Waals surface area contributed by atoms with E-state index < -0.39 is 30.7 Å². The molecule has 1 saturated heterocycles. The van der Waals surface area contributed by atoms with E-state index in [1.54, 1.807) is 30.5 Å². The Hall–Kier alpha value is -4.86. The molecule has 2 amide bonds. The molecule has 4 heterocycles. The molecule has 0 aliphatic carbocycles. The predicted molar refractivity (Wildman–Crippen MR) is 126 cm³/mol. The molecule has 0 spiro atoms. The first kappa shape index (κ1) is 23.9. The first-order valence-electron chi connectivity index (χ1n) is 11.2. The van der Waals surface area contributed by atoms with Crippen molar-refractivity contribution in [2.24, 2.45) is 0 Å². The molecule has 1 fully saturated rings. The minimum atomic E-state index is -2.92. The maximum atomic E-state index is 13.6. The topological polar surface area (TPSA) is 130 Å². The average molecular weight is 506 g/mol. The third kappa shape index (κ3) is 4.68. The van der Waals surface area contributed by atoms with Crippen LogP contribution in [0.3, 0.4) is 0 Å². The Morgan fingerprint density at radius 1 is 1.32 bits per heavy atom. The number of nitrogens with one attached hydrogen (secondary N) is 1. The van der Waals surface area contributed by atoms with E-state index in [1.807, 2.05) is 6.07 Å². The highest BCUT2D eigenvalue weighted by molar-refractivity contribution is 6.09. The highest BCUT2D eigenvalue weighted by atomic mass is 19.3. The zero-order valence-electron chi connectivity index (χ0n) is 19.6. The number of nitrogens with zero attached hydrogens (tertiary/aromatic N) is 7. The molecule has 11 nitrogen and oxygen atoms in total. The molecule has 1 N–H and O–H groups in total. The van der Waals surface area contributed by atoms with Gasteiger partial charge in [-0.05, 0) is 24.3 Å². The van der Waals surface area contributed by atoms with Crippen LogP contribution in [0.2, 0.25) is 0 Å². The van der Waals surface area contributed by atoms with Gasteiger partial charge in [-0.25, -0.2) is 18.3 Å². The molecule has 188 valence electrons. The first-order valence-corrected chi connectivity index (χ1v) is 11.2. The number of likely N-dealkylation sites (tertiary alicyclic amines) is 1. The summed E-state index contributed by atoms with van der Waals surface area (Å²) in [6.07, 6.45) is 5.58. The second-order valence-electron chi connectivity index (χ2n) is 8.44. The summed E-state index contributed by atoms with van der Waals surface area (Å²) in [5, 5.41) is 20.7. The maximum absolute atomic E-state index is 13.6. The number of nitriles is 1. The zero-order chi connectivity index (χ0) is 26.2. The summed E-state index contributed by atoms with van der Waals surface area (Å²) in [6, 6.07) is 8.42. The van der Waals surface area contributed by atoms with Crippen LogP contribution in [0.4, 0.5) is 14.5 Å². The summed E-state index contributed by atoms with van der Waals surface area (Å²) in [5.74, 6) is -3.61. The Morgan fingerprint density at radius 2 is 2.16 bits per heavy atom. The number of aromatic nitrogens is 5. The molecule has 13 heteroatoms. The Kier molecular flexibility index (Phi) is 6.00. The third-order valence-corrected chi connectivity index (χ3v) is 5.94. The molecule has 3 aromatic heterocycles. The van der Waals surface area contributed by atoms with Crippen molar-refractivity contribution in [3.8, 4) is 23.1 Å². The van der Waals surface area contributed by atoms with Crippen molar-refractivity contribution in [1.82, 2.24) is 29.3 Å². The second-order valence-corrected chi connectivity index (χ2v) is 8.44. The van der Waals surface area contributed by atoms with E-state index in [1.165, 1.54) is 34.9 Å². The molecule has 1 aliphatic rings. The lowest BCUT2D eigenvalue weighted by Gasteiger charge is -2.15. The van der Waals surface area contributed by atoms with Crippen LogP contribution in [-0.4, -0.2) is 67.2 Å². The van der Waals surface area contributed by atoms with Gasteiger partial charge >= 0.3 is 0 Å². The zero-order valence-corrected chi connectivity index (χ0v) is 19.6. The molecule has 1 aromatic carbocycles. The summed E-state index contributed by atoms with van der Waals surface area (Å²) < 4.78 is 35.4. The normalized spacial score (nSPS) is 14.5. The number of hydrogen-bond acceptors (Lipinski definition) is 7. The highest BCUT2D eigenvalue weighted by Crippen LogP contribution is 2.35. The van der Waals surface area contributed by atoms with Gasteiger partial charge in [-0.3, -0.25) is 14.3 Å². The van der Waals surface area contributed by atoms with E-state index >= 15 is 0 Å². The van der Waals surface area contributed by atoms with Crippen molar-refractivity contribution in [3.05, 3.63) is 60.2 Å². The fourth-order valence-electron chi connectivity index (χ4n) is 4.12. The molecule has 5 rings (SSSR count). The number of alkyl halides is 2. The van der Waals surface area contributed by atoms with Crippen molar-refractivity contribution in [3.63, 3.8) is 0 Å². The fraction of sp³-hybridized carbons (Fsp3) is 0.250. The van der Waals surface area contributed by atoms with Crippen LogP contribution < -0.4 is 10.1 Å². The lowest BCUT2D eigenvalue weighted by Crippen LogP contribution is -2.34. The molecular formula is C24H20F2N8O3. The standard InChI is InChI=1S/C24H20F2N8O3/c1-37-19-4-3-15(10-27)9-16(19)21-18(30-23(36)17-11-29-34-7-2-6-28-22(17)34)12-33(31-21)13-20(35)32-8-5-24(25,26)14-32/h2-4,6-7,9,11-12H,5,8,13-14H2,1H3,(H,30,36). The van der Waals surface area contributed by atoms with Crippen LogP contribution in [0.1, 0.15) is 22.3 Å². The summed E-state index contributed by atoms with van der Waals surface area (Å²) >= 11 is 0. The van der Waals surface area contributed by atoms with Gasteiger partial charge in [0.25, 0.3) is 11.8 Å². The number of fused-ring (bicyclic) bond motifs is 1. The molecule has 0 atom stereocenters. The Labute approximate surface area is 208 Å². The second kappa shape index (κ2) is 9.30. The monoisotopic (exact) mass is 506 g/mol. The van der Waals surface area contributed by atoms with Crippen LogP contribution in [0.25, 0.3) is 16.9 Å². The number of rotatable bonds is 6. The largest absolute Gasteiger partial charge is 0.496 e. The van der Waals surface area contributed by atoms with Gasteiger partial charge in [0.15, 0.2) is 5.65 Å². The summed E-state index contributed by atoms with van der Waals surface area (Å²) in [4.78, 5) is 31.1. The molecule has 0 saturated carbocycles. The number of carbonyl (C=O) groups excluding carboxylic acids is 2. The van der Waals surface area contributed by atoms with Gasteiger partial charge in [-0.15, -0.1) is 0 Å². The molecule has 1 aliphatic heterocycles. The number of benzene rings is 1. The van der Waals surface area contributed by atoms with Gasteiger partial charge in [0, 0.05) is 37.1 Å². The van der Waals surface area contributed by atoms with E-state index in [0.717, 1.165) is 4.90 Å². The highest BCUT2D eigenvalue weighted by Gasteiger charge is 2.40. The number of hydrogen-bond donors (Lipinski definition) is 1. The van der Waals surface area contributed by atoms with Crippen LogP contribution in [0, 0.1) is 11.3 Å². The SMILES string of the molecule is COc1ccc(C#N)cc1-c1nn(CC(=O)N2CCC(F)(F)C2)cc1NC(=O)c1cnn2cccnc12. The molecular weight excluding hydrogens is 486 g/mol. The Morgan fingerprint density at radius 3 is 2.89 bits per heavy atom. The van der Waals surface area contributed by atoms with E-state index in [-0.39, 0.29) is 30.0 Å². The fourth-order valence-corrected chi connectivity index (χ4v) is 4.12. The Balaban J connectivity index is 1.51. The van der Waals surface area contributed by atoms with Crippen molar-refractivity contribution >= 4 is 23.1 Å².